The molecule has 0 bridgehead atoms. The average molecular weight is 374 g/mol. The minimum Gasteiger partial charge on any atom is -0.356 e. The van der Waals surface area contributed by atoms with E-state index < -0.39 is 0 Å². The van der Waals surface area contributed by atoms with Gasteiger partial charge in [-0.05, 0) is 36.1 Å². The first-order valence-corrected chi connectivity index (χ1v) is 9.72. The van der Waals surface area contributed by atoms with Crippen LogP contribution < -0.4 is 10.6 Å². The van der Waals surface area contributed by atoms with Crippen molar-refractivity contribution in [1.29, 1.82) is 0 Å². The van der Waals surface area contributed by atoms with Gasteiger partial charge >= 0.3 is 0 Å². The molecule has 1 fully saturated rings. The maximum Gasteiger partial charge on any atom is 0.191 e. The lowest BCUT2D eigenvalue weighted by Crippen LogP contribution is -2.48. The molecule has 6 nitrogen and oxygen atoms in total. The lowest BCUT2D eigenvalue weighted by atomic mass is 9.64. The van der Waals surface area contributed by atoms with Gasteiger partial charge in [0.25, 0.3) is 0 Å². The zero-order valence-electron chi connectivity index (χ0n) is 16.2. The molecule has 6 heteroatoms. The average Bonchev–Trinajstić information content (AvgIpc) is 3.25. The Balaban J connectivity index is 1.36. The molecule has 144 valence electrons. The summed E-state index contributed by atoms with van der Waals surface area (Å²) < 4.78 is 1.90. The van der Waals surface area contributed by atoms with Gasteiger partial charge in [-0.2, -0.15) is 0 Å². The van der Waals surface area contributed by atoms with Crippen molar-refractivity contribution in [2.24, 2.45) is 4.99 Å². The second-order valence-electron chi connectivity index (χ2n) is 7.27. The Morgan fingerprint density at radius 2 is 2.00 bits per heavy atom. The van der Waals surface area contributed by atoms with E-state index in [0.717, 1.165) is 23.9 Å². The van der Waals surface area contributed by atoms with E-state index in [0.29, 0.717) is 6.54 Å². The lowest BCUT2D eigenvalue weighted by Gasteiger charge is -2.43. The van der Waals surface area contributed by atoms with Gasteiger partial charge in [0, 0.05) is 44.1 Å². The molecule has 0 radical (unpaired) electrons. The summed E-state index contributed by atoms with van der Waals surface area (Å²) in [6.45, 7) is 1.58. The van der Waals surface area contributed by atoms with Crippen LogP contribution in [0.25, 0.3) is 5.82 Å². The molecule has 4 rings (SSSR count). The number of aliphatic imine (C=N–C) groups is 1. The number of pyridine rings is 1. The van der Waals surface area contributed by atoms with Crippen molar-refractivity contribution in [3.8, 4) is 5.82 Å². The summed E-state index contributed by atoms with van der Waals surface area (Å²) >= 11 is 0. The fourth-order valence-electron chi connectivity index (χ4n) is 3.73. The Morgan fingerprint density at radius 1 is 1.14 bits per heavy atom. The van der Waals surface area contributed by atoms with Gasteiger partial charge in [-0.25, -0.2) is 9.97 Å². The molecular weight excluding hydrogens is 348 g/mol. The summed E-state index contributed by atoms with van der Waals surface area (Å²) in [4.78, 5) is 12.9. The van der Waals surface area contributed by atoms with Crippen LogP contribution in [0.2, 0.25) is 0 Å². The predicted octanol–water partition coefficient (Wildman–Crippen LogP) is 3.05. The van der Waals surface area contributed by atoms with Gasteiger partial charge < -0.3 is 10.6 Å². The first-order valence-electron chi connectivity index (χ1n) is 9.72. The second kappa shape index (κ2) is 8.25. The van der Waals surface area contributed by atoms with Crippen LogP contribution in [-0.2, 0) is 12.0 Å². The molecule has 3 aromatic rings. The Hall–Kier alpha value is -3.15. The van der Waals surface area contributed by atoms with Gasteiger partial charge in [0.1, 0.15) is 12.1 Å². The summed E-state index contributed by atoms with van der Waals surface area (Å²) in [6.07, 6.45) is 10.9. The van der Waals surface area contributed by atoms with Crippen LogP contribution >= 0.6 is 0 Å². The standard InChI is InChI=1S/C22H26N6/c1-23-21(27-16-22(9-5-10-22)19-6-3-2-4-7-19)26-15-18-8-11-25-20(14-18)28-13-12-24-17-28/h2-4,6-8,11-14,17H,5,9-10,15-16H2,1H3,(H2,23,26,27). The molecule has 1 saturated carbocycles. The van der Waals surface area contributed by atoms with Crippen molar-refractivity contribution >= 4 is 5.96 Å². The number of nitrogens with one attached hydrogen (secondary N) is 2. The Morgan fingerprint density at radius 3 is 2.68 bits per heavy atom. The van der Waals surface area contributed by atoms with Crippen molar-refractivity contribution in [2.45, 2.75) is 31.2 Å². The number of rotatable bonds is 6. The summed E-state index contributed by atoms with van der Waals surface area (Å²) in [6, 6.07) is 14.9. The molecule has 2 heterocycles. The third kappa shape index (κ3) is 3.91. The molecule has 0 amide bonds. The topological polar surface area (TPSA) is 67.1 Å². The highest BCUT2D eigenvalue weighted by molar-refractivity contribution is 5.79. The van der Waals surface area contributed by atoms with Crippen molar-refractivity contribution in [1.82, 2.24) is 25.2 Å². The molecular formula is C22H26N6. The van der Waals surface area contributed by atoms with Crippen LogP contribution in [0.3, 0.4) is 0 Å². The highest BCUT2D eigenvalue weighted by Crippen LogP contribution is 2.43. The number of nitrogens with zero attached hydrogens (tertiary/aromatic N) is 4. The van der Waals surface area contributed by atoms with Crippen LogP contribution in [0.5, 0.6) is 0 Å². The van der Waals surface area contributed by atoms with Crippen molar-refractivity contribution in [3.63, 3.8) is 0 Å². The molecule has 1 aliphatic rings. The summed E-state index contributed by atoms with van der Waals surface area (Å²) in [7, 11) is 1.81. The van der Waals surface area contributed by atoms with E-state index >= 15 is 0 Å². The number of hydrogen-bond acceptors (Lipinski definition) is 3. The van der Waals surface area contributed by atoms with Crippen LogP contribution in [-0.4, -0.2) is 34.1 Å². The third-order valence-electron chi connectivity index (χ3n) is 5.55. The quantitative estimate of drug-likeness (QED) is 0.514. The Bertz CT molecular complexity index is 913. The molecule has 1 aliphatic carbocycles. The molecule has 0 unspecified atom stereocenters. The van der Waals surface area contributed by atoms with Crippen LogP contribution in [0.15, 0.2) is 72.4 Å². The number of aromatic nitrogens is 3. The number of guanidine groups is 1. The van der Waals surface area contributed by atoms with E-state index in [4.69, 9.17) is 0 Å². The molecule has 28 heavy (non-hydrogen) atoms. The first kappa shape index (κ1) is 18.2. The van der Waals surface area contributed by atoms with E-state index in [2.05, 4.69) is 62.0 Å². The van der Waals surface area contributed by atoms with Crippen molar-refractivity contribution in [2.75, 3.05) is 13.6 Å². The highest BCUT2D eigenvalue weighted by Gasteiger charge is 2.38. The van der Waals surface area contributed by atoms with Crippen LogP contribution in [0, 0.1) is 0 Å². The monoisotopic (exact) mass is 374 g/mol. The van der Waals surface area contributed by atoms with Crippen molar-refractivity contribution < 1.29 is 0 Å². The van der Waals surface area contributed by atoms with E-state index in [-0.39, 0.29) is 5.41 Å². The molecule has 1 aromatic carbocycles. The summed E-state index contributed by atoms with van der Waals surface area (Å²) in [5.41, 5.74) is 2.79. The maximum atomic E-state index is 4.40. The molecule has 0 aliphatic heterocycles. The van der Waals surface area contributed by atoms with Gasteiger partial charge in [-0.1, -0.05) is 36.8 Å². The Labute approximate surface area is 165 Å². The smallest absolute Gasteiger partial charge is 0.191 e. The van der Waals surface area contributed by atoms with Crippen LogP contribution in [0.4, 0.5) is 0 Å². The number of benzene rings is 1. The summed E-state index contributed by atoms with van der Waals surface area (Å²) in [5, 5.41) is 6.95. The minimum absolute atomic E-state index is 0.226. The fourth-order valence-corrected chi connectivity index (χ4v) is 3.73. The van der Waals surface area contributed by atoms with E-state index in [1.807, 2.05) is 30.1 Å². The zero-order valence-corrected chi connectivity index (χ0v) is 16.2. The van der Waals surface area contributed by atoms with Gasteiger partial charge in [0.05, 0.1) is 0 Å². The molecule has 0 atom stereocenters. The third-order valence-corrected chi connectivity index (χ3v) is 5.55. The van der Waals surface area contributed by atoms with Gasteiger partial charge in [0.2, 0.25) is 0 Å². The highest BCUT2D eigenvalue weighted by atomic mass is 15.2. The molecule has 0 spiro atoms. The maximum absolute atomic E-state index is 4.40. The van der Waals surface area contributed by atoms with Gasteiger partial charge in [0.15, 0.2) is 5.96 Å². The molecule has 2 N–H and O–H groups in total. The SMILES string of the molecule is CN=C(NCc1ccnc(-n2ccnc2)c1)NCC1(c2ccccc2)CCC1. The van der Waals surface area contributed by atoms with Crippen LogP contribution in [0.1, 0.15) is 30.4 Å². The zero-order chi connectivity index (χ0) is 19.2. The number of hydrogen-bond donors (Lipinski definition) is 2. The van der Waals surface area contributed by atoms with Gasteiger partial charge in [-0.15, -0.1) is 0 Å². The van der Waals surface area contributed by atoms with E-state index in [9.17, 15) is 0 Å². The fraction of sp³-hybridized carbons (Fsp3) is 0.318. The van der Waals surface area contributed by atoms with E-state index in [1.54, 1.807) is 12.5 Å². The van der Waals surface area contributed by atoms with Gasteiger partial charge in [-0.3, -0.25) is 9.56 Å². The second-order valence-corrected chi connectivity index (χ2v) is 7.27. The predicted molar refractivity (Wildman–Crippen MR) is 112 cm³/mol. The van der Waals surface area contributed by atoms with Crippen molar-refractivity contribution in [3.05, 3.63) is 78.5 Å². The largest absolute Gasteiger partial charge is 0.356 e. The Kier molecular flexibility index (Phi) is 5.37. The lowest BCUT2D eigenvalue weighted by molar-refractivity contribution is 0.244. The molecule has 0 saturated heterocycles. The first-order chi connectivity index (χ1) is 13.8. The normalized spacial score (nSPS) is 15.7. The van der Waals surface area contributed by atoms with E-state index in [1.165, 1.54) is 24.8 Å². The summed E-state index contributed by atoms with van der Waals surface area (Å²) in [5.74, 6) is 1.68. The number of imidazole rings is 1. The molecule has 2 aromatic heterocycles. The minimum atomic E-state index is 0.226.